The Morgan fingerprint density at radius 3 is 2.43 bits per heavy atom. The summed E-state index contributed by atoms with van der Waals surface area (Å²) in [4.78, 5) is 52.0. The zero-order valence-corrected chi connectivity index (χ0v) is 26.1. The van der Waals surface area contributed by atoms with Crippen molar-refractivity contribution >= 4 is 41.0 Å². The third-order valence-electron chi connectivity index (χ3n) is 7.13. The van der Waals surface area contributed by atoms with Crippen molar-refractivity contribution in [3.63, 3.8) is 0 Å². The highest BCUT2D eigenvalue weighted by atomic mass is 32.1. The first-order valence-electron chi connectivity index (χ1n) is 14.4. The van der Waals surface area contributed by atoms with Gasteiger partial charge in [-0.1, -0.05) is 0 Å². The molecule has 13 nitrogen and oxygen atoms in total. The molecule has 1 aliphatic heterocycles. The summed E-state index contributed by atoms with van der Waals surface area (Å²) in [5.74, 6) is -1.85. The number of nitrogens with zero attached hydrogens (tertiary/aromatic N) is 1. The van der Waals surface area contributed by atoms with Crippen molar-refractivity contribution in [1.29, 1.82) is 5.41 Å². The molecule has 47 heavy (non-hydrogen) atoms. The number of hydrogen-bond acceptors (Lipinski definition) is 9. The van der Waals surface area contributed by atoms with Crippen LogP contribution in [0.3, 0.4) is 0 Å². The van der Waals surface area contributed by atoms with Gasteiger partial charge in [0.1, 0.15) is 29.2 Å². The van der Waals surface area contributed by atoms with Gasteiger partial charge in [-0.2, -0.15) is 0 Å². The second kappa shape index (κ2) is 15.6. The van der Waals surface area contributed by atoms with Crippen LogP contribution < -0.4 is 26.4 Å². The summed E-state index contributed by atoms with van der Waals surface area (Å²) < 4.78 is 39.9. The Balaban J connectivity index is 1.39. The van der Waals surface area contributed by atoms with Crippen molar-refractivity contribution in [1.82, 2.24) is 20.9 Å². The van der Waals surface area contributed by atoms with Crippen LogP contribution in [0.25, 0.3) is 0 Å². The molecule has 2 heterocycles. The largest absolute Gasteiger partial charge is 0.465 e. The molecule has 16 heteroatoms. The highest BCUT2D eigenvalue weighted by Gasteiger charge is 2.49. The van der Waals surface area contributed by atoms with E-state index >= 15 is 4.39 Å². The summed E-state index contributed by atoms with van der Waals surface area (Å²) >= 11 is 1.18. The molecular formula is C31H34F2N6O7S. The van der Waals surface area contributed by atoms with E-state index in [1.807, 2.05) is 5.32 Å². The van der Waals surface area contributed by atoms with Gasteiger partial charge in [0.05, 0.1) is 32.3 Å². The van der Waals surface area contributed by atoms with E-state index in [9.17, 15) is 23.6 Å². The average Bonchev–Trinajstić information content (AvgIpc) is 3.67. The lowest BCUT2D eigenvalue weighted by Gasteiger charge is -2.25. The van der Waals surface area contributed by atoms with Crippen molar-refractivity contribution in [3.05, 3.63) is 81.8 Å². The summed E-state index contributed by atoms with van der Waals surface area (Å²) in [6.45, 7) is 0.552. The van der Waals surface area contributed by atoms with Crippen molar-refractivity contribution < 1.29 is 42.5 Å². The molecule has 1 aliphatic rings. The summed E-state index contributed by atoms with van der Waals surface area (Å²) in [5, 5.41) is 25.5. The minimum absolute atomic E-state index is 0.0871. The van der Waals surface area contributed by atoms with Crippen LogP contribution in [0.2, 0.25) is 0 Å². The Bertz CT molecular complexity index is 1600. The van der Waals surface area contributed by atoms with Crippen molar-refractivity contribution in [2.45, 2.75) is 31.1 Å². The maximum absolute atomic E-state index is 15.9. The van der Waals surface area contributed by atoms with Crippen molar-refractivity contribution in [2.75, 3.05) is 32.8 Å². The number of halogens is 2. The lowest BCUT2D eigenvalue weighted by Crippen LogP contribution is -2.49. The highest BCUT2D eigenvalue weighted by Crippen LogP contribution is 2.32. The van der Waals surface area contributed by atoms with Gasteiger partial charge in [0, 0.05) is 34.3 Å². The Morgan fingerprint density at radius 2 is 1.79 bits per heavy atom. The molecule has 1 aromatic heterocycles. The van der Waals surface area contributed by atoms with Gasteiger partial charge < -0.3 is 35.8 Å². The number of nitrogens with one attached hydrogen (secondary N) is 4. The van der Waals surface area contributed by atoms with Gasteiger partial charge in [-0.25, -0.2) is 13.6 Å². The van der Waals surface area contributed by atoms with E-state index in [4.69, 9.17) is 25.7 Å². The number of carbonyl (C=O) groups excluding carboxylic acids is 3. The molecule has 1 saturated heterocycles. The van der Waals surface area contributed by atoms with Crippen LogP contribution in [0.5, 0.6) is 11.5 Å². The van der Waals surface area contributed by atoms with Crippen LogP contribution in [-0.2, 0) is 14.3 Å². The van der Waals surface area contributed by atoms with Crippen molar-refractivity contribution in [2.24, 2.45) is 5.73 Å². The normalized spacial score (nSPS) is 17.9. The number of amides is 4. The second-order valence-corrected chi connectivity index (χ2v) is 11.7. The van der Waals surface area contributed by atoms with Gasteiger partial charge in [0.25, 0.3) is 5.91 Å². The summed E-state index contributed by atoms with van der Waals surface area (Å²) in [7, 11) is 0. The summed E-state index contributed by atoms with van der Waals surface area (Å²) in [6.07, 6.45) is -1.74. The minimum atomic E-state index is -2.05. The Labute approximate surface area is 272 Å². The first kappa shape index (κ1) is 34.9. The lowest BCUT2D eigenvalue weighted by atomic mass is 10.0. The molecule has 0 spiro atoms. The van der Waals surface area contributed by atoms with E-state index in [2.05, 4.69) is 10.6 Å². The Kier molecular flexibility index (Phi) is 11.6. The van der Waals surface area contributed by atoms with Crippen LogP contribution in [0.1, 0.15) is 40.2 Å². The Hall–Kier alpha value is -4.93. The third kappa shape index (κ3) is 9.54. The fraction of sp³-hybridized carbons (Fsp3) is 0.323. The first-order chi connectivity index (χ1) is 22.4. The second-order valence-electron chi connectivity index (χ2n) is 10.8. The van der Waals surface area contributed by atoms with Crippen molar-refractivity contribution in [3.8, 4) is 11.5 Å². The average molecular weight is 673 g/mol. The fourth-order valence-electron chi connectivity index (χ4n) is 4.82. The van der Waals surface area contributed by atoms with E-state index in [0.29, 0.717) is 21.9 Å². The lowest BCUT2D eigenvalue weighted by molar-refractivity contribution is -0.138. The number of benzene rings is 2. The van der Waals surface area contributed by atoms with E-state index in [0.717, 1.165) is 4.90 Å². The molecule has 1 fully saturated rings. The molecule has 3 aromatic rings. The maximum atomic E-state index is 15.9. The molecule has 0 saturated carbocycles. The molecule has 4 rings (SSSR count). The predicted octanol–water partition coefficient (Wildman–Crippen LogP) is 3.16. The number of amidine groups is 1. The van der Waals surface area contributed by atoms with E-state index < -0.39 is 60.5 Å². The van der Waals surface area contributed by atoms with Gasteiger partial charge in [-0.05, 0) is 61.5 Å². The van der Waals surface area contributed by atoms with Crippen LogP contribution in [0, 0.1) is 11.2 Å². The van der Waals surface area contributed by atoms with Gasteiger partial charge >= 0.3 is 6.09 Å². The van der Waals surface area contributed by atoms with Crippen LogP contribution >= 0.6 is 11.3 Å². The van der Waals surface area contributed by atoms with Crippen LogP contribution in [-0.4, -0.2) is 84.2 Å². The molecule has 0 aliphatic carbocycles. The quantitative estimate of drug-likeness (QED) is 0.0905. The number of alkyl halides is 1. The number of ether oxygens (including phenoxy) is 2. The van der Waals surface area contributed by atoms with Gasteiger partial charge in [-0.15, -0.1) is 11.3 Å². The number of thiophene rings is 1. The standard InChI is InChI=1S/C31H34F2N6O7S/c1-18(25-12-20(15-47-25)27(35)38-30(43)44)37-29(42)24-13-31(33,17-45-11-10-34)16-39(24)26(40)14-36-28(41)19-2-6-22(7-3-19)46-23-8-4-21(32)5-9-23/h2-9,12,15,18,24H,10-11,13-14,16-17,34H2,1H3,(H2,35,38)(H,36,41)(H,37,42)(H,43,44)/t18?,24-,31+/m0/s1. The third-order valence-corrected chi connectivity index (χ3v) is 8.24. The first-order valence-corrected chi connectivity index (χ1v) is 15.3. The molecule has 0 radical (unpaired) electrons. The topological polar surface area (TPSA) is 196 Å². The molecule has 250 valence electrons. The highest BCUT2D eigenvalue weighted by molar-refractivity contribution is 7.10. The monoisotopic (exact) mass is 672 g/mol. The van der Waals surface area contributed by atoms with E-state index in [1.165, 1.54) is 59.9 Å². The molecule has 7 N–H and O–H groups in total. The number of rotatable bonds is 13. The smallest absolute Gasteiger partial charge is 0.410 e. The van der Waals surface area contributed by atoms with Crippen LogP contribution in [0.15, 0.2) is 60.0 Å². The van der Waals surface area contributed by atoms with Gasteiger partial charge in [-0.3, -0.25) is 25.1 Å². The number of carboxylic acid groups (broad SMARTS) is 1. The maximum Gasteiger partial charge on any atom is 0.410 e. The van der Waals surface area contributed by atoms with Gasteiger partial charge in [0.2, 0.25) is 11.8 Å². The Morgan fingerprint density at radius 1 is 1.13 bits per heavy atom. The fourth-order valence-corrected chi connectivity index (χ4v) is 5.73. The van der Waals surface area contributed by atoms with Gasteiger partial charge in [0.15, 0.2) is 5.67 Å². The van der Waals surface area contributed by atoms with Crippen LogP contribution in [0.4, 0.5) is 13.6 Å². The minimum Gasteiger partial charge on any atom is -0.465 e. The van der Waals surface area contributed by atoms with E-state index in [-0.39, 0.29) is 37.6 Å². The molecule has 2 aromatic carbocycles. The molecular weight excluding hydrogens is 638 g/mol. The number of nitrogens with two attached hydrogens (primary N) is 1. The molecule has 3 atom stereocenters. The zero-order valence-electron chi connectivity index (χ0n) is 25.3. The zero-order chi connectivity index (χ0) is 34.1. The number of hydrogen-bond donors (Lipinski definition) is 6. The summed E-state index contributed by atoms with van der Waals surface area (Å²) in [5.41, 5.74) is 3.91. The van der Waals surface area contributed by atoms with E-state index in [1.54, 1.807) is 18.4 Å². The molecule has 4 amide bonds. The number of likely N-dealkylation sites (tertiary alicyclic amines) is 1. The molecule has 1 unspecified atom stereocenters. The number of carbonyl (C=O) groups is 4. The molecule has 0 bridgehead atoms. The summed E-state index contributed by atoms with van der Waals surface area (Å²) in [6, 6.07) is 11.1. The predicted molar refractivity (Wildman–Crippen MR) is 168 cm³/mol. The SMILES string of the molecule is CC(NC(=O)[C@@H]1C[C@](F)(COCCN)CN1C(=O)CNC(=O)c1ccc(Oc2ccc(F)cc2)cc1)c1cc(C(=N)NC(=O)O)cs1.